The number of rotatable bonds is 5. The van der Waals surface area contributed by atoms with Crippen molar-refractivity contribution in [3.8, 4) is 11.3 Å². The second kappa shape index (κ2) is 6.91. The van der Waals surface area contributed by atoms with E-state index in [0.29, 0.717) is 0 Å². The van der Waals surface area contributed by atoms with Crippen molar-refractivity contribution >= 4 is 5.65 Å². The standard InChI is InChI=1S/C22H21N3/c1-17-10-12-18(13-11-17)15-23-16-20-22(19-7-3-2-4-8-19)24-21-9-5-6-14-25(20)21/h2-14,23H,15-16H2,1H3. The molecule has 0 saturated heterocycles. The molecule has 0 amide bonds. The molecule has 2 heterocycles. The quantitative estimate of drug-likeness (QED) is 0.580. The third-order valence-corrected chi connectivity index (χ3v) is 4.42. The number of pyridine rings is 1. The minimum Gasteiger partial charge on any atom is -0.307 e. The van der Waals surface area contributed by atoms with Crippen LogP contribution in [0.3, 0.4) is 0 Å². The summed E-state index contributed by atoms with van der Waals surface area (Å²) < 4.78 is 2.17. The van der Waals surface area contributed by atoms with Crippen molar-refractivity contribution in [2.24, 2.45) is 0 Å². The molecule has 124 valence electrons. The van der Waals surface area contributed by atoms with Gasteiger partial charge in [-0.05, 0) is 24.6 Å². The fraction of sp³-hybridized carbons (Fsp3) is 0.136. The molecule has 4 aromatic rings. The predicted octanol–water partition coefficient (Wildman–Crippen LogP) is 4.60. The fourth-order valence-electron chi connectivity index (χ4n) is 3.07. The molecule has 0 saturated carbocycles. The summed E-state index contributed by atoms with van der Waals surface area (Å²) in [5.41, 5.74) is 6.95. The third kappa shape index (κ3) is 3.32. The summed E-state index contributed by atoms with van der Waals surface area (Å²) in [6.45, 7) is 3.72. The Kier molecular flexibility index (Phi) is 4.32. The molecule has 1 N–H and O–H groups in total. The van der Waals surface area contributed by atoms with E-state index in [9.17, 15) is 0 Å². The molecule has 0 spiro atoms. The summed E-state index contributed by atoms with van der Waals surface area (Å²) in [5.74, 6) is 0. The van der Waals surface area contributed by atoms with Crippen LogP contribution in [-0.2, 0) is 13.1 Å². The van der Waals surface area contributed by atoms with Crippen LogP contribution < -0.4 is 5.32 Å². The van der Waals surface area contributed by atoms with E-state index in [4.69, 9.17) is 4.98 Å². The molecule has 3 heteroatoms. The Bertz CT molecular complexity index is 969. The van der Waals surface area contributed by atoms with E-state index in [1.165, 1.54) is 16.8 Å². The van der Waals surface area contributed by atoms with Gasteiger partial charge in [0.15, 0.2) is 0 Å². The summed E-state index contributed by atoms with van der Waals surface area (Å²) in [7, 11) is 0. The number of nitrogens with zero attached hydrogens (tertiary/aromatic N) is 2. The van der Waals surface area contributed by atoms with Gasteiger partial charge in [-0.15, -0.1) is 0 Å². The second-order valence-corrected chi connectivity index (χ2v) is 6.29. The first-order valence-corrected chi connectivity index (χ1v) is 8.59. The maximum Gasteiger partial charge on any atom is 0.137 e. The summed E-state index contributed by atoms with van der Waals surface area (Å²) >= 11 is 0. The lowest BCUT2D eigenvalue weighted by Crippen LogP contribution is -2.14. The van der Waals surface area contributed by atoms with Gasteiger partial charge in [0.2, 0.25) is 0 Å². The molecular weight excluding hydrogens is 306 g/mol. The zero-order chi connectivity index (χ0) is 17.1. The van der Waals surface area contributed by atoms with Crippen LogP contribution in [0.2, 0.25) is 0 Å². The number of fused-ring (bicyclic) bond motifs is 1. The predicted molar refractivity (Wildman–Crippen MR) is 102 cm³/mol. The molecular formula is C22H21N3. The van der Waals surface area contributed by atoms with Gasteiger partial charge in [0.05, 0.1) is 11.4 Å². The van der Waals surface area contributed by atoms with E-state index in [-0.39, 0.29) is 0 Å². The maximum absolute atomic E-state index is 4.84. The lowest BCUT2D eigenvalue weighted by molar-refractivity contribution is 0.676. The first-order chi connectivity index (χ1) is 12.3. The lowest BCUT2D eigenvalue weighted by Gasteiger charge is -2.08. The number of aryl methyl sites for hydroxylation is 1. The topological polar surface area (TPSA) is 29.3 Å². The summed E-state index contributed by atoms with van der Waals surface area (Å²) in [4.78, 5) is 4.84. The zero-order valence-electron chi connectivity index (χ0n) is 14.3. The Hall–Kier alpha value is -2.91. The molecule has 2 aromatic heterocycles. The highest BCUT2D eigenvalue weighted by atomic mass is 15.0. The molecule has 4 rings (SSSR count). The summed E-state index contributed by atoms with van der Waals surface area (Å²) in [6, 6.07) is 25.2. The molecule has 0 aliphatic carbocycles. The van der Waals surface area contributed by atoms with Crippen LogP contribution in [-0.4, -0.2) is 9.38 Å². The van der Waals surface area contributed by atoms with Crippen LogP contribution >= 0.6 is 0 Å². The normalized spacial score (nSPS) is 11.1. The van der Waals surface area contributed by atoms with E-state index >= 15 is 0 Å². The Morgan fingerprint density at radius 2 is 1.60 bits per heavy atom. The van der Waals surface area contributed by atoms with Gasteiger partial charge in [-0.25, -0.2) is 4.98 Å². The number of imidazole rings is 1. The van der Waals surface area contributed by atoms with E-state index in [1.54, 1.807) is 0 Å². The molecule has 0 atom stereocenters. The van der Waals surface area contributed by atoms with E-state index in [1.807, 2.05) is 18.2 Å². The first kappa shape index (κ1) is 15.6. The van der Waals surface area contributed by atoms with Crippen molar-refractivity contribution in [2.45, 2.75) is 20.0 Å². The molecule has 0 aliphatic rings. The van der Waals surface area contributed by atoms with Crippen molar-refractivity contribution in [1.82, 2.24) is 14.7 Å². The van der Waals surface area contributed by atoms with Gasteiger partial charge in [0.1, 0.15) is 5.65 Å². The molecule has 0 bridgehead atoms. The van der Waals surface area contributed by atoms with Crippen LogP contribution in [0.1, 0.15) is 16.8 Å². The monoisotopic (exact) mass is 327 g/mol. The molecule has 3 nitrogen and oxygen atoms in total. The van der Waals surface area contributed by atoms with E-state index in [2.05, 4.69) is 77.4 Å². The Balaban J connectivity index is 1.62. The fourth-order valence-corrected chi connectivity index (χ4v) is 3.07. The van der Waals surface area contributed by atoms with Gasteiger partial charge in [-0.3, -0.25) is 0 Å². The molecule has 25 heavy (non-hydrogen) atoms. The number of benzene rings is 2. The molecule has 2 aromatic carbocycles. The smallest absolute Gasteiger partial charge is 0.137 e. The van der Waals surface area contributed by atoms with Gasteiger partial charge in [-0.2, -0.15) is 0 Å². The van der Waals surface area contributed by atoms with Crippen LogP contribution in [0.4, 0.5) is 0 Å². The van der Waals surface area contributed by atoms with E-state index < -0.39 is 0 Å². The maximum atomic E-state index is 4.84. The second-order valence-electron chi connectivity index (χ2n) is 6.29. The van der Waals surface area contributed by atoms with Gasteiger partial charge in [-0.1, -0.05) is 66.2 Å². The molecule has 0 fully saturated rings. The average Bonchev–Trinajstić information content (AvgIpc) is 3.03. The van der Waals surface area contributed by atoms with Crippen molar-refractivity contribution in [2.75, 3.05) is 0 Å². The van der Waals surface area contributed by atoms with Crippen molar-refractivity contribution in [3.63, 3.8) is 0 Å². The Morgan fingerprint density at radius 1 is 0.840 bits per heavy atom. The minimum absolute atomic E-state index is 0.767. The summed E-state index contributed by atoms with van der Waals surface area (Å²) in [6.07, 6.45) is 2.08. The highest BCUT2D eigenvalue weighted by Gasteiger charge is 2.13. The SMILES string of the molecule is Cc1ccc(CNCc2c(-c3ccccc3)nc3ccccn23)cc1. The van der Waals surface area contributed by atoms with Gasteiger partial charge in [0.25, 0.3) is 0 Å². The minimum atomic E-state index is 0.767. The molecule has 0 unspecified atom stereocenters. The largest absolute Gasteiger partial charge is 0.307 e. The van der Waals surface area contributed by atoms with Crippen molar-refractivity contribution < 1.29 is 0 Å². The van der Waals surface area contributed by atoms with Crippen LogP contribution in [0.15, 0.2) is 79.0 Å². The lowest BCUT2D eigenvalue weighted by atomic mass is 10.1. The number of hydrogen-bond donors (Lipinski definition) is 1. The highest BCUT2D eigenvalue weighted by molar-refractivity contribution is 5.66. The molecule has 0 radical (unpaired) electrons. The number of aromatic nitrogens is 2. The summed E-state index contributed by atoms with van der Waals surface area (Å²) in [5, 5.41) is 3.57. The van der Waals surface area contributed by atoms with Crippen LogP contribution in [0.25, 0.3) is 16.9 Å². The van der Waals surface area contributed by atoms with Crippen LogP contribution in [0, 0.1) is 6.92 Å². The Morgan fingerprint density at radius 3 is 2.40 bits per heavy atom. The van der Waals surface area contributed by atoms with Crippen molar-refractivity contribution in [3.05, 3.63) is 95.8 Å². The van der Waals surface area contributed by atoms with Gasteiger partial charge in [0, 0.05) is 24.8 Å². The first-order valence-electron chi connectivity index (χ1n) is 8.59. The van der Waals surface area contributed by atoms with Gasteiger partial charge < -0.3 is 9.72 Å². The zero-order valence-corrected chi connectivity index (χ0v) is 14.3. The molecule has 0 aliphatic heterocycles. The van der Waals surface area contributed by atoms with Crippen molar-refractivity contribution in [1.29, 1.82) is 0 Å². The van der Waals surface area contributed by atoms with Gasteiger partial charge >= 0.3 is 0 Å². The Labute approximate surface area is 148 Å². The average molecular weight is 327 g/mol. The number of nitrogens with one attached hydrogen (secondary N) is 1. The number of hydrogen-bond acceptors (Lipinski definition) is 2. The van der Waals surface area contributed by atoms with Crippen LogP contribution in [0.5, 0.6) is 0 Å². The van der Waals surface area contributed by atoms with E-state index in [0.717, 1.165) is 30.0 Å². The third-order valence-electron chi connectivity index (χ3n) is 4.42. The highest BCUT2D eigenvalue weighted by Crippen LogP contribution is 2.24.